The minimum atomic E-state index is -0.602. The van der Waals surface area contributed by atoms with Crippen LogP contribution in [-0.4, -0.2) is 21.8 Å². The highest BCUT2D eigenvalue weighted by molar-refractivity contribution is 6.43. The summed E-state index contributed by atoms with van der Waals surface area (Å²) in [6, 6.07) is 0. The Morgan fingerprint density at radius 3 is 3.00 bits per heavy atom. The molecule has 0 atom stereocenters. The van der Waals surface area contributed by atoms with E-state index >= 15 is 0 Å². The first kappa shape index (κ1) is 8.26. The van der Waals surface area contributed by atoms with Crippen LogP contribution in [-0.2, 0) is 0 Å². The highest BCUT2D eigenvalue weighted by Gasteiger charge is 2.14. The van der Waals surface area contributed by atoms with E-state index in [-0.39, 0.29) is 5.82 Å². The maximum Gasteiger partial charge on any atom is 0.394 e. The molecule has 0 saturated carbocycles. The Bertz CT molecular complexity index is 353. The quantitative estimate of drug-likeness (QED) is 0.350. The molecule has 7 heteroatoms. The first-order valence-electron chi connectivity index (χ1n) is 3.08. The van der Waals surface area contributed by atoms with Crippen molar-refractivity contribution in [3.63, 3.8) is 0 Å². The predicted octanol–water partition coefficient (Wildman–Crippen LogP) is 0.0481. The number of hydrogen-bond acceptors (Lipinski definition) is 4. The van der Waals surface area contributed by atoms with Crippen LogP contribution in [0.1, 0.15) is 5.82 Å². The Morgan fingerprint density at radius 2 is 2.58 bits per heavy atom. The van der Waals surface area contributed by atoms with Crippen molar-refractivity contribution in [2.75, 3.05) is 0 Å². The zero-order chi connectivity index (χ0) is 9.14. The zero-order valence-corrected chi connectivity index (χ0v) is 6.26. The van der Waals surface area contributed by atoms with Crippen LogP contribution in [0, 0.1) is 28.3 Å². The third-order valence-electron chi connectivity index (χ3n) is 1.29. The molecule has 12 heavy (non-hydrogen) atoms. The Balaban J connectivity index is 3.02. The molecule has 0 fully saturated rings. The number of nitriles is 1. The van der Waals surface area contributed by atoms with Crippen molar-refractivity contribution in [2.45, 2.75) is 6.92 Å². The van der Waals surface area contributed by atoms with Crippen molar-refractivity contribution >= 4 is 13.2 Å². The molecule has 0 aromatic carbocycles. The Labute approximate surface area is 68.9 Å². The largest absolute Gasteiger partial charge is 0.394 e. The maximum absolute atomic E-state index is 10.2. The number of rotatable bonds is 2. The van der Waals surface area contributed by atoms with E-state index in [1.165, 1.54) is 10.7 Å². The van der Waals surface area contributed by atoms with Gasteiger partial charge in [0, 0.05) is 12.9 Å². The highest BCUT2D eigenvalue weighted by atomic mass is 16.6. The second kappa shape index (κ2) is 3.05. The number of nitro groups is 1. The monoisotopic (exact) mass is 163 g/mol. The van der Waals surface area contributed by atoms with Gasteiger partial charge in [-0.1, -0.05) is 0 Å². The van der Waals surface area contributed by atoms with Crippen LogP contribution in [0.5, 0.6) is 0 Å². The van der Waals surface area contributed by atoms with Gasteiger partial charge >= 0.3 is 13.2 Å². The molecular formula is C5H4BN4O2. The lowest BCUT2D eigenvalue weighted by atomic mass is 9.98. The fraction of sp³-hybridized carbons (Fsp3) is 0.200. The van der Waals surface area contributed by atoms with Crippen LogP contribution >= 0.6 is 0 Å². The van der Waals surface area contributed by atoms with Gasteiger partial charge in [-0.2, -0.15) is 0 Å². The molecule has 0 saturated heterocycles. The normalized spacial score (nSPS) is 9.00. The number of aryl methyl sites for hydroxylation is 1. The summed E-state index contributed by atoms with van der Waals surface area (Å²) >= 11 is 0. The molecule has 0 N–H and O–H groups in total. The highest BCUT2D eigenvalue weighted by Crippen LogP contribution is 2.08. The first-order valence-corrected chi connectivity index (χ1v) is 3.08. The van der Waals surface area contributed by atoms with Crippen molar-refractivity contribution in [3.8, 4) is 5.97 Å². The molecule has 0 spiro atoms. The smallest absolute Gasteiger partial charge is 0.358 e. The summed E-state index contributed by atoms with van der Waals surface area (Å²) in [7, 11) is 1.15. The van der Waals surface area contributed by atoms with Gasteiger partial charge in [0.25, 0.3) is 0 Å². The van der Waals surface area contributed by atoms with Gasteiger partial charge in [0.1, 0.15) is 0 Å². The average Bonchev–Trinajstić information content (AvgIpc) is 2.34. The third kappa shape index (κ3) is 1.42. The van der Waals surface area contributed by atoms with E-state index in [9.17, 15) is 10.1 Å². The maximum atomic E-state index is 10.2. The summed E-state index contributed by atoms with van der Waals surface area (Å²) in [5.74, 6) is 1.92. The van der Waals surface area contributed by atoms with Crippen LogP contribution < -0.4 is 0 Å². The van der Waals surface area contributed by atoms with E-state index < -0.39 is 4.92 Å². The molecule has 0 aliphatic heterocycles. The molecule has 1 rings (SSSR count). The van der Waals surface area contributed by atoms with Crippen molar-refractivity contribution in [1.82, 2.24) is 9.46 Å². The van der Waals surface area contributed by atoms with E-state index in [0.717, 1.165) is 7.41 Å². The second-order valence-electron chi connectivity index (χ2n) is 2.07. The topological polar surface area (TPSA) is 84.8 Å². The van der Waals surface area contributed by atoms with Crippen LogP contribution in [0.2, 0.25) is 0 Å². The number of aromatic nitrogens is 2. The van der Waals surface area contributed by atoms with Gasteiger partial charge in [0.2, 0.25) is 5.82 Å². The molecule has 0 aliphatic rings. The molecule has 0 aliphatic carbocycles. The molecule has 6 nitrogen and oxygen atoms in total. The fourth-order valence-electron chi connectivity index (χ4n) is 0.751. The van der Waals surface area contributed by atoms with E-state index in [1.807, 2.05) is 0 Å². The van der Waals surface area contributed by atoms with Crippen molar-refractivity contribution in [1.29, 1.82) is 5.26 Å². The van der Waals surface area contributed by atoms with Gasteiger partial charge in [-0.05, 0) is 9.91 Å². The third-order valence-corrected chi connectivity index (χ3v) is 1.29. The van der Waals surface area contributed by atoms with E-state index in [2.05, 4.69) is 4.98 Å². The van der Waals surface area contributed by atoms with Gasteiger partial charge in [-0.3, -0.25) is 0 Å². The standard InChI is InChI=1S/C5H4BN4O2/c1-4-8-5(10(11)12)2-9(4)6-3-7/h2H,1H3. The van der Waals surface area contributed by atoms with Gasteiger partial charge in [0.15, 0.2) is 0 Å². The van der Waals surface area contributed by atoms with Crippen molar-refractivity contribution in [2.24, 2.45) is 0 Å². The lowest BCUT2D eigenvalue weighted by Gasteiger charge is -1.87. The van der Waals surface area contributed by atoms with Crippen LogP contribution in [0.15, 0.2) is 6.20 Å². The zero-order valence-electron chi connectivity index (χ0n) is 6.26. The minimum absolute atomic E-state index is 0.251. The Kier molecular flexibility index (Phi) is 2.10. The molecule has 1 heterocycles. The number of nitrogens with zero attached hydrogens (tertiary/aromatic N) is 4. The second-order valence-corrected chi connectivity index (χ2v) is 2.07. The van der Waals surface area contributed by atoms with E-state index in [0.29, 0.717) is 5.82 Å². The summed E-state index contributed by atoms with van der Waals surface area (Å²) < 4.78 is 1.30. The summed E-state index contributed by atoms with van der Waals surface area (Å²) in [4.78, 5) is 13.2. The summed E-state index contributed by atoms with van der Waals surface area (Å²) in [6.45, 7) is 1.58. The first-order chi connectivity index (χ1) is 5.65. The van der Waals surface area contributed by atoms with Crippen LogP contribution in [0.25, 0.3) is 0 Å². The molecular weight excluding hydrogens is 159 g/mol. The van der Waals surface area contributed by atoms with E-state index in [4.69, 9.17) is 5.26 Å². The van der Waals surface area contributed by atoms with Crippen molar-refractivity contribution in [3.05, 3.63) is 22.1 Å². The van der Waals surface area contributed by atoms with Gasteiger partial charge in [0.05, 0.1) is 6.20 Å². The van der Waals surface area contributed by atoms with Crippen molar-refractivity contribution < 1.29 is 4.92 Å². The molecule has 0 amide bonds. The Morgan fingerprint density at radius 1 is 1.92 bits per heavy atom. The number of hydrogen-bond donors (Lipinski definition) is 0. The Hall–Kier alpha value is -1.84. The SMILES string of the molecule is Cc1nc([N+](=O)[O-])cn1[B]C#N. The van der Waals surface area contributed by atoms with Crippen LogP contribution in [0.3, 0.4) is 0 Å². The molecule has 1 radical (unpaired) electrons. The average molecular weight is 163 g/mol. The van der Waals surface area contributed by atoms with E-state index in [1.54, 1.807) is 12.9 Å². The molecule has 59 valence electrons. The molecule has 0 bridgehead atoms. The van der Waals surface area contributed by atoms with Gasteiger partial charge in [-0.15, -0.1) is 0 Å². The fourth-order valence-corrected chi connectivity index (χ4v) is 0.751. The molecule has 1 aromatic rings. The van der Waals surface area contributed by atoms with Gasteiger partial charge in [-0.25, -0.2) is 5.26 Å². The summed E-state index contributed by atoms with van der Waals surface area (Å²) in [6.07, 6.45) is 1.19. The molecule has 0 unspecified atom stereocenters. The van der Waals surface area contributed by atoms with Gasteiger partial charge < -0.3 is 14.6 Å². The predicted molar refractivity (Wildman–Crippen MR) is 40.4 cm³/mol. The lowest BCUT2D eigenvalue weighted by Crippen LogP contribution is -2.03. The number of imidazole rings is 1. The summed E-state index contributed by atoms with van der Waals surface area (Å²) in [5.41, 5.74) is 0. The van der Waals surface area contributed by atoms with Crippen LogP contribution in [0.4, 0.5) is 5.82 Å². The lowest BCUT2D eigenvalue weighted by molar-refractivity contribution is -0.389. The summed E-state index contributed by atoms with van der Waals surface area (Å²) in [5, 5.41) is 18.5. The minimum Gasteiger partial charge on any atom is -0.358 e. The molecule has 1 aromatic heterocycles.